The highest BCUT2D eigenvalue weighted by Gasteiger charge is 2.31. The van der Waals surface area contributed by atoms with E-state index in [2.05, 4.69) is 0 Å². The van der Waals surface area contributed by atoms with Crippen LogP contribution in [0, 0.1) is 12.8 Å². The summed E-state index contributed by atoms with van der Waals surface area (Å²) in [5.41, 5.74) is 0.936. The Labute approximate surface area is 125 Å². The second kappa shape index (κ2) is 6.43. The number of aryl methyl sites for hydroxylation is 1. The van der Waals surface area contributed by atoms with Gasteiger partial charge in [0.2, 0.25) is 10.0 Å². The van der Waals surface area contributed by atoms with Crippen molar-refractivity contribution in [3.8, 4) is 0 Å². The maximum Gasteiger partial charge on any atom is 0.244 e. The Morgan fingerprint density at radius 2 is 2.20 bits per heavy atom. The van der Waals surface area contributed by atoms with E-state index in [4.69, 9.17) is 16.7 Å². The van der Waals surface area contributed by atoms with Gasteiger partial charge in [0.1, 0.15) is 4.90 Å². The first-order chi connectivity index (χ1) is 9.45. The maximum atomic E-state index is 12.6. The number of nitrogens with zero attached hydrogens (tertiary/aromatic N) is 1. The van der Waals surface area contributed by atoms with E-state index < -0.39 is 10.0 Å². The lowest BCUT2D eigenvalue weighted by molar-refractivity contribution is 0.203. The molecule has 0 aliphatic carbocycles. The lowest BCUT2D eigenvalue weighted by Crippen LogP contribution is -2.40. The first kappa shape index (κ1) is 15.8. The number of aliphatic hydroxyl groups excluding tert-OH is 1. The molecule has 1 saturated heterocycles. The Kier molecular flexibility index (Phi) is 5.07. The highest BCUT2D eigenvalue weighted by atomic mass is 35.5. The Hall–Kier alpha value is -0.620. The van der Waals surface area contributed by atoms with Gasteiger partial charge in [0.05, 0.1) is 5.02 Å². The highest BCUT2D eigenvalue weighted by molar-refractivity contribution is 7.89. The van der Waals surface area contributed by atoms with E-state index in [0.717, 1.165) is 18.4 Å². The molecule has 0 bridgehead atoms. The highest BCUT2D eigenvalue weighted by Crippen LogP contribution is 2.29. The molecule has 1 N–H and O–H groups in total. The average Bonchev–Trinajstić information content (AvgIpc) is 2.39. The quantitative estimate of drug-likeness (QED) is 0.928. The van der Waals surface area contributed by atoms with Gasteiger partial charge in [0.15, 0.2) is 0 Å². The van der Waals surface area contributed by atoms with E-state index in [1.807, 2.05) is 6.92 Å². The summed E-state index contributed by atoms with van der Waals surface area (Å²) in [6.07, 6.45) is 2.44. The standard InChI is InChI=1S/C14H20ClNO3S/c1-11-4-5-14(13(15)9-11)20(18,19)16-7-2-3-12(10-16)6-8-17/h4-5,9,12,17H,2-3,6-8,10H2,1H3. The summed E-state index contributed by atoms with van der Waals surface area (Å²) in [7, 11) is -3.54. The molecular formula is C14H20ClNO3S. The number of halogens is 1. The summed E-state index contributed by atoms with van der Waals surface area (Å²) in [4.78, 5) is 0.175. The molecule has 1 unspecified atom stereocenters. The normalized spacial score (nSPS) is 21.1. The molecule has 1 fully saturated rings. The predicted octanol–water partition coefficient (Wildman–Crippen LogP) is 2.43. The summed E-state index contributed by atoms with van der Waals surface area (Å²) >= 11 is 6.08. The number of benzene rings is 1. The zero-order valence-corrected chi connectivity index (χ0v) is 13.1. The Balaban J connectivity index is 2.25. The van der Waals surface area contributed by atoms with Crippen LogP contribution in [0.4, 0.5) is 0 Å². The van der Waals surface area contributed by atoms with Crippen molar-refractivity contribution in [2.45, 2.75) is 31.1 Å². The van der Waals surface area contributed by atoms with E-state index in [9.17, 15) is 8.42 Å². The minimum Gasteiger partial charge on any atom is -0.396 e. The van der Waals surface area contributed by atoms with Crippen molar-refractivity contribution >= 4 is 21.6 Å². The van der Waals surface area contributed by atoms with E-state index >= 15 is 0 Å². The van der Waals surface area contributed by atoms with Gasteiger partial charge in [-0.3, -0.25) is 0 Å². The summed E-state index contributed by atoms with van der Waals surface area (Å²) < 4.78 is 26.8. The molecule has 0 aromatic heterocycles. The monoisotopic (exact) mass is 317 g/mol. The number of piperidine rings is 1. The van der Waals surface area contributed by atoms with Crippen LogP contribution in [0.2, 0.25) is 5.02 Å². The molecule has 0 spiro atoms. The van der Waals surface area contributed by atoms with Crippen molar-refractivity contribution in [2.24, 2.45) is 5.92 Å². The van der Waals surface area contributed by atoms with Crippen molar-refractivity contribution < 1.29 is 13.5 Å². The van der Waals surface area contributed by atoms with Crippen molar-refractivity contribution in [3.63, 3.8) is 0 Å². The Morgan fingerprint density at radius 3 is 2.85 bits per heavy atom. The first-order valence-corrected chi connectivity index (χ1v) is 8.64. The molecule has 2 rings (SSSR count). The topological polar surface area (TPSA) is 57.6 Å². The fourth-order valence-corrected chi connectivity index (χ4v) is 4.75. The SMILES string of the molecule is Cc1ccc(S(=O)(=O)N2CCCC(CCO)C2)c(Cl)c1. The van der Waals surface area contributed by atoms with Crippen LogP contribution in [0.1, 0.15) is 24.8 Å². The van der Waals surface area contributed by atoms with Crippen LogP contribution in [-0.2, 0) is 10.0 Å². The minimum absolute atomic E-state index is 0.101. The lowest BCUT2D eigenvalue weighted by atomic mass is 9.97. The second-order valence-corrected chi connectivity index (χ2v) is 7.63. The van der Waals surface area contributed by atoms with Gasteiger partial charge >= 0.3 is 0 Å². The van der Waals surface area contributed by atoms with Crippen molar-refractivity contribution in [1.29, 1.82) is 0 Å². The number of sulfonamides is 1. The molecule has 20 heavy (non-hydrogen) atoms. The molecule has 6 heteroatoms. The third-order valence-electron chi connectivity index (χ3n) is 3.72. The third kappa shape index (κ3) is 3.34. The molecule has 0 radical (unpaired) electrons. The van der Waals surface area contributed by atoms with Crippen LogP contribution < -0.4 is 0 Å². The van der Waals surface area contributed by atoms with Crippen LogP contribution in [0.3, 0.4) is 0 Å². The lowest BCUT2D eigenvalue weighted by Gasteiger charge is -2.31. The van der Waals surface area contributed by atoms with Gasteiger partial charge in [-0.05, 0) is 49.8 Å². The summed E-state index contributed by atoms with van der Waals surface area (Å²) in [6, 6.07) is 5.00. The summed E-state index contributed by atoms with van der Waals surface area (Å²) in [5.74, 6) is 0.229. The van der Waals surface area contributed by atoms with Crippen LogP contribution in [0.25, 0.3) is 0 Å². The van der Waals surface area contributed by atoms with E-state index in [1.165, 1.54) is 4.31 Å². The van der Waals surface area contributed by atoms with Gasteiger partial charge in [0.25, 0.3) is 0 Å². The average molecular weight is 318 g/mol. The van der Waals surface area contributed by atoms with Crippen molar-refractivity contribution in [1.82, 2.24) is 4.31 Å². The molecule has 112 valence electrons. The molecule has 1 aliphatic heterocycles. The van der Waals surface area contributed by atoms with Gasteiger partial charge < -0.3 is 5.11 Å². The van der Waals surface area contributed by atoms with Crippen molar-refractivity contribution in [3.05, 3.63) is 28.8 Å². The molecule has 1 aromatic rings. The van der Waals surface area contributed by atoms with Gasteiger partial charge in [-0.2, -0.15) is 4.31 Å². The second-order valence-electron chi connectivity index (χ2n) is 5.32. The van der Waals surface area contributed by atoms with Gasteiger partial charge in [0, 0.05) is 19.7 Å². The van der Waals surface area contributed by atoms with Crippen LogP contribution in [0.5, 0.6) is 0 Å². The largest absolute Gasteiger partial charge is 0.396 e. The number of rotatable bonds is 4. The number of hydrogen-bond acceptors (Lipinski definition) is 3. The van der Waals surface area contributed by atoms with Gasteiger partial charge in [-0.1, -0.05) is 17.7 Å². The van der Waals surface area contributed by atoms with Crippen LogP contribution >= 0.6 is 11.6 Å². The molecule has 0 saturated carbocycles. The number of aliphatic hydroxyl groups is 1. The molecule has 1 aliphatic rings. The Morgan fingerprint density at radius 1 is 1.45 bits per heavy atom. The van der Waals surface area contributed by atoms with Crippen molar-refractivity contribution in [2.75, 3.05) is 19.7 Å². The molecular weight excluding hydrogens is 298 g/mol. The van der Waals surface area contributed by atoms with E-state index in [1.54, 1.807) is 18.2 Å². The number of hydrogen-bond donors (Lipinski definition) is 1. The zero-order chi connectivity index (χ0) is 14.8. The molecule has 0 amide bonds. The molecule has 1 heterocycles. The maximum absolute atomic E-state index is 12.6. The minimum atomic E-state index is -3.54. The summed E-state index contributed by atoms with van der Waals surface area (Å²) in [6.45, 7) is 2.96. The molecule has 1 aromatic carbocycles. The Bertz CT molecular complexity index is 572. The van der Waals surface area contributed by atoms with Gasteiger partial charge in [-0.25, -0.2) is 8.42 Å². The van der Waals surface area contributed by atoms with Gasteiger partial charge in [-0.15, -0.1) is 0 Å². The first-order valence-electron chi connectivity index (χ1n) is 6.82. The fraction of sp³-hybridized carbons (Fsp3) is 0.571. The van der Waals surface area contributed by atoms with E-state index in [0.29, 0.717) is 19.5 Å². The van der Waals surface area contributed by atoms with E-state index in [-0.39, 0.29) is 22.4 Å². The molecule has 4 nitrogen and oxygen atoms in total. The zero-order valence-electron chi connectivity index (χ0n) is 11.5. The smallest absolute Gasteiger partial charge is 0.244 e. The fourth-order valence-electron chi connectivity index (χ4n) is 2.62. The third-order valence-corrected chi connectivity index (χ3v) is 6.07. The summed E-state index contributed by atoms with van der Waals surface area (Å²) in [5, 5.41) is 9.28. The predicted molar refractivity (Wildman–Crippen MR) is 79.4 cm³/mol. The van der Waals surface area contributed by atoms with Crippen LogP contribution in [0.15, 0.2) is 23.1 Å². The molecule has 1 atom stereocenters. The van der Waals surface area contributed by atoms with Crippen LogP contribution in [-0.4, -0.2) is 37.5 Å².